The fourth-order valence-electron chi connectivity index (χ4n) is 5.41. The van der Waals surface area contributed by atoms with E-state index in [1.165, 1.54) is 17.4 Å². The van der Waals surface area contributed by atoms with Crippen molar-refractivity contribution in [2.24, 2.45) is 11.7 Å². The molecule has 0 bridgehead atoms. The fraction of sp³-hybridized carbons (Fsp3) is 0.364. The van der Waals surface area contributed by atoms with Crippen LogP contribution < -0.4 is 22.1 Å². The molecule has 8 nitrogen and oxygen atoms in total. The fourth-order valence-corrected chi connectivity index (χ4v) is 5.66. The molecule has 2 atom stereocenters. The summed E-state index contributed by atoms with van der Waals surface area (Å²) in [4.78, 5) is 20.3. The van der Waals surface area contributed by atoms with Gasteiger partial charge in [0, 0.05) is 29.7 Å². The Hall–Kier alpha value is -3.79. The summed E-state index contributed by atoms with van der Waals surface area (Å²) in [7, 11) is 0. The summed E-state index contributed by atoms with van der Waals surface area (Å²) >= 11 is 6.29. The van der Waals surface area contributed by atoms with Crippen molar-refractivity contribution >= 4 is 28.5 Å². The lowest BCUT2D eigenvalue weighted by molar-refractivity contribution is 0.528. The molecule has 0 amide bonds. The van der Waals surface area contributed by atoms with Crippen LogP contribution in [0.3, 0.4) is 0 Å². The second-order valence-electron chi connectivity index (χ2n) is 11.4. The normalized spacial score (nSPS) is 14.5. The molecule has 1 aliphatic rings. The maximum Gasteiger partial charge on any atom is 0.354 e. The van der Waals surface area contributed by atoms with Crippen LogP contribution in [0.4, 0.5) is 4.39 Å². The van der Waals surface area contributed by atoms with E-state index in [1.807, 2.05) is 36.4 Å². The van der Waals surface area contributed by atoms with Gasteiger partial charge in [0.05, 0.1) is 28.3 Å². The number of aromatic nitrogens is 3. The van der Waals surface area contributed by atoms with Crippen LogP contribution >= 0.6 is 11.6 Å². The number of H-pyrrole nitrogens is 1. The predicted octanol–water partition coefficient (Wildman–Crippen LogP) is 6.03. The van der Waals surface area contributed by atoms with Gasteiger partial charge in [0.25, 0.3) is 0 Å². The summed E-state index contributed by atoms with van der Waals surface area (Å²) in [5.41, 5.74) is 9.68. The van der Waals surface area contributed by atoms with Gasteiger partial charge in [-0.25, -0.2) is 9.18 Å². The van der Waals surface area contributed by atoms with Crippen LogP contribution in [0.5, 0.6) is 0 Å². The number of nitrogens with one attached hydrogen (secondary N) is 4. The first-order valence-corrected chi connectivity index (χ1v) is 15.2. The number of rotatable bonds is 14. The lowest BCUT2D eigenvalue weighted by atomic mass is 10.00. The van der Waals surface area contributed by atoms with Crippen LogP contribution in [-0.4, -0.2) is 39.5 Å². The number of fused-ring (bicyclic) bond motifs is 1. The molecule has 5 rings (SSSR count). The van der Waals surface area contributed by atoms with Gasteiger partial charge in [0.1, 0.15) is 5.65 Å². The summed E-state index contributed by atoms with van der Waals surface area (Å²) in [5, 5.41) is 14.6. The van der Waals surface area contributed by atoms with Crippen LogP contribution in [-0.2, 0) is 6.42 Å². The molecule has 2 heterocycles. The Labute approximate surface area is 256 Å². The molecule has 43 heavy (non-hydrogen) atoms. The van der Waals surface area contributed by atoms with E-state index < -0.39 is 11.5 Å². The van der Waals surface area contributed by atoms with E-state index in [-0.39, 0.29) is 17.1 Å². The van der Waals surface area contributed by atoms with Crippen molar-refractivity contribution in [3.05, 3.63) is 93.8 Å². The Morgan fingerprint density at radius 3 is 2.72 bits per heavy atom. The minimum atomic E-state index is -0.510. The molecule has 2 aromatic heterocycles. The topological polar surface area (TPSA) is 125 Å². The monoisotopic (exact) mass is 603 g/mol. The van der Waals surface area contributed by atoms with E-state index in [0.717, 1.165) is 49.9 Å². The zero-order valence-electron chi connectivity index (χ0n) is 24.4. The van der Waals surface area contributed by atoms with Crippen molar-refractivity contribution in [3.63, 3.8) is 0 Å². The van der Waals surface area contributed by atoms with Gasteiger partial charge in [0.2, 0.25) is 0 Å². The van der Waals surface area contributed by atoms with Gasteiger partial charge in [-0.1, -0.05) is 29.8 Å². The van der Waals surface area contributed by atoms with Gasteiger partial charge in [-0.2, -0.15) is 4.98 Å². The highest BCUT2D eigenvalue weighted by molar-refractivity contribution is 6.31. The van der Waals surface area contributed by atoms with E-state index >= 15 is 4.39 Å². The molecule has 4 aromatic rings. The number of aryl methyl sites for hydroxylation is 1. The molecule has 1 saturated carbocycles. The van der Waals surface area contributed by atoms with Gasteiger partial charge in [0.15, 0.2) is 5.82 Å². The van der Waals surface area contributed by atoms with Crippen LogP contribution in [0.15, 0.2) is 66.1 Å². The van der Waals surface area contributed by atoms with Crippen LogP contribution in [0.2, 0.25) is 5.02 Å². The Bertz CT molecular complexity index is 1660. The molecular formula is C33H39ClFN7O. The molecule has 0 radical (unpaired) electrons. The molecule has 0 spiro atoms. The Balaban J connectivity index is 1.32. The molecule has 0 aliphatic heterocycles. The number of nitrogens with zero attached hydrogens (tertiary/aromatic N) is 2. The van der Waals surface area contributed by atoms with E-state index in [9.17, 15) is 4.79 Å². The summed E-state index contributed by atoms with van der Waals surface area (Å²) in [6, 6.07) is 13.1. The number of nitrogens with two attached hydrogens (primary N) is 1. The standard InChI is InChI=1S/C33H39ClFN7O/c1-3-29(39-15-5-14-38-20(2)36)23-10-12-25(13-11-23)42-19-24-18-30(40-32(24)41-33(42)43)26-16-21(17-27(34)31(26)35)6-4-7-28(37)22-8-9-22/h3,10-13,16-19,22,28-29,39H,1,4-9,14-15,37H2,2H3,(H2,36,38)(H,40,41,43)/t28-,29+/m1/s1. The first kappa shape index (κ1) is 30.7. The third-order valence-corrected chi connectivity index (χ3v) is 8.27. The van der Waals surface area contributed by atoms with E-state index in [0.29, 0.717) is 39.7 Å². The smallest absolute Gasteiger partial charge is 0.354 e. The minimum Gasteiger partial charge on any atom is -0.374 e. The molecule has 226 valence electrons. The van der Waals surface area contributed by atoms with Crippen LogP contribution in [0.25, 0.3) is 28.0 Å². The summed E-state index contributed by atoms with van der Waals surface area (Å²) in [6.07, 6.45) is 9.48. The van der Waals surface area contributed by atoms with Crippen molar-refractivity contribution in [1.82, 2.24) is 25.2 Å². The second-order valence-corrected chi connectivity index (χ2v) is 11.8. The number of amidine groups is 1. The van der Waals surface area contributed by atoms with Gasteiger partial charge >= 0.3 is 5.69 Å². The molecule has 0 unspecified atom stereocenters. The number of benzene rings is 2. The van der Waals surface area contributed by atoms with Crippen LogP contribution in [0.1, 0.15) is 56.2 Å². The van der Waals surface area contributed by atoms with Gasteiger partial charge in [-0.15, -0.1) is 6.58 Å². The SMILES string of the molecule is C=C[C@H](NCCCNC(C)=N)c1ccc(-n2cc3cc(-c4cc(CCC[C@@H](N)C5CC5)cc(Cl)c4F)[nH]c3nc2=O)cc1. The average molecular weight is 604 g/mol. The molecular weight excluding hydrogens is 565 g/mol. The van der Waals surface area contributed by atoms with Gasteiger partial charge in [-0.05, 0) is 99.4 Å². The molecule has 0 saturated heterocycles. The molecule has 10 heteroatoms. The van der Waals surface area contributed by atoms with Gasteiger partial charge in [-0.3, -0.25) is 9.98 Å². The third kappa shape index (κ3) is 7.60. The van der Waals surface area contributed by atoms with E-state index in [2.05, 4.69) is 27.2 Å². The molecule has 6 N–H and O–H groups in total. The summed E-state index contributed by atoms with van der Waals surface area (Å²) in [6.45, 7) is 7.16. The first-order chi connectivity index (χ1) is 20.7. The molecule has 1 fully saturated rings. The van der Waals surface area contributed by atoms with Crippen molar-refractivity contribution in [2.45, 2.75) is 57.5 Å². The highest BCUT2D eigenvalue weighted by Crippen LogP contribution is 2.34. The van der Waals surface area contributed by atoms with Crippen LogP contribution in [0, 0.1) is 17.1 Å². The van der Waals surface area contributed by atoms with Gasteiger partial charge < -0.3 is 21.4 Å². The summed E-state index contributed by atoms with van der Waals surface area (Å²) in [5.74, 6) is 0.597. The lowest BCUT2D eigenvalue weighted by Crippen LogP contribution is -2.26. The number of halogens is 2. The lowest BCUT2D eigenvalue weighted by Gasteiger charge is -2.16. The quantitative estimate of drug-likeness (QED) is 0.0521. The highest BCUT2D eigenvalue weighted by Gasteiger charge is 2.27. The highest BCUT2D eigenvalue weighted by atomic mass is 35.5. The van der Waals surface area contributed by atoms with Crippen molar-refractivity contribution in [1.29, 1.82) is 5.41 Å². The Kier molecular flexibility index (Phi) is 9.75. The first-order valence-electron chi connectivity index (χ1n) is 14.8. The number of hydrogen-bond acceptors (Lipinski definition) is 5. The van der Waals surface area contributed by atoms with E-state index in [1.54, 1.807) is 25.3 Å². The third-order valence-electron chi connectivity index (χ3n) is 7.99. The minimum absolute atomic E-state index is 0.0490. The van der Waals surface area contributed by atoms with Crippen molar-refractivity contribution in [2.75, 3.05) is 13.1 Å². The zero-order chi connectivity index (χ0) is 30.5. The maximum absolute atomic E-state index is 15.2. The second kappa shape index (κ2) is 13.7. The Morgan fingerprint density at radius 1 is 1.26 bits per heavy atom. The predicted molar refractivity (Wildman–Crippen MR) is 173 cm³/mol. The number of aromatic amines is 1. The number of hydrogen-bond donors (Lipinski definition) is 5. The largest absolute Gasteiger partial charge is 0.374 e. The maximum atomic E-state index is 15.2. The summed E-state index contributed by atoms with van der Waals surface area (Å²) < 4.78 is 16.7. The van der Waals surface area contributed by atoms with Crippen molar-refractivity contribution in [3.8, 4) is 16.9 Å². The molecule has 2 aromatic carbocycles. The molecule has 1 aliphatic carbocycles. The average Bonchev–Trinajstić information content (AvgIpc) is 3.76. The van der Waals surface area contributed by atoms with Crippen molar-refractivity contribution < 1.29 is 4.39 Å². The van der Waals surface area contributed by atoms with E-state index in [4.69, 9.17) is 22.7 Å². The Morgan fingerprint density at radius 2 is 2.02 bits per heavy atom. The zero-order valence-corrected chi connectivity index (χ0v) is 25.2.